The second-order valence-corrected chi connectivity index (χ2v) is 5.68. The molecule has 6 nitrogen and oxygen atoms in total. The summed E-state index contributed by atoms with van der Waals surface area (Å²) in [5.74, 6) is -0.0178. The van der Waals surface area contributed by atoms with E-state index in [4.69, 9.17) is 5.26 Å². The lowest BCUT2D eigenvalue weighted by molar-refractivity contribution is 0.310. The summed E-state index contributed by atoms with van der Waals surface area (Å²) in [7, 11) is -3.42. The molecular weight excluding hydrogens is 228 g/mol. The van der Waals surface area contributed by atoms with Crippen molar-refractivity contribution in [3.8, 4) is 6.07 Å². The van der Waals surface area contributed by atoms with Crippen LogP contribution in [0.5, 0.6) is 0 Å². The molecule has 0 unspecified atom stereocenters. The number of rotatable bonds is 2. The second-order valence-electron chi connectivity index (χ2n) is 3.74. The predicted molar refractivity (Wildman–Crippen MR) is 55.7 cm³/mol. The summed E-state index contributed by atoms with van der Waals surface area (Å²) in [5, 5.41) is 14.8. The lowest BCUT2D eigenvalue weighted by Crippen LogP contribution is -2.38. The molecular formula is C9H12N4O2S. The van der Waals surface area contributed by atoms with Crippen molar-refractivity contribution in [3.63, 3.8) is 0 Å². The summed E-state index contributed by atoms with van der Waals surface area (Å²) >= 11 is 0. The lowest BCUT2D eigenvalue weighted by atomic mass is 10.0. The fraction of sp³-hybridized carbons (Fsp3) is 0.556. The van der Waals surface area contributed by atoms with Gasteiger partial charge in [0, 0.05) is 25.2 Å². The first kappa shape index (κ1) is 11.1. The molecule has 1 aliphatic rings. The summed E-state index contributed by atoms with van der Waals surface area (Å²) < 4.78 is 25.5. The first-order chi connectivity index (χ1) is 7.64. The Balaban J connectivity index is 2.13. The van der Waals surface area contributed by atoms with Crippen LogP contribution >= 0.6 is 0 Å². The predicted octanol–water partition coefficient (Wildman–Crippen LogP) is 0.334. The molecule has 0 aromatic carbocycles. The van der Waals surface area contributed by atoms with E-state index in [9.17, 15) is 8.42 Å². The normalized spacial score (nSPS) is 19.4. The number of hydrogen-bond acceptors (Lipinski definition) is 4. The van der Waals surface area contributed by atoms with Crippen molar-refractivity contribution in [1.82, 2.24) is 14.5 Å². The molecule has 0 radical (unpaired) electrons. The maximum Gasteiger partial charge on any atom is 0.246 e. The Labute approximate surface area is 93.9 Å². The maximum atomic E-state index is 12.0. The Morgan fingerprint density at radius 3 is 2.69 bits per heavy atom. The molecule has 16 heavy (non-hydrogen) atoms. The van der Waals surface area contributed by atoms with Gasteiger partial charge in [0.15, 0.2) is 0 Å². The number of aromatic amines is 1. The number of aromatic nitrogens is 2. The van der Waals surface area contributed by atoms with Crippen LogP contribution in [0.15, 0.2) is 17.3 Å². The standard InChI is InChI=1S/C9H12N4O2S/c10-5-8-1-3-13(4-2-8)16(14,15)9-6-11-12-7-9/h6-8H,1-4H2,(H,11,12). The second kappa shape index (κ2) is 4.23. The van der Waals surface area contributed by atoms with Gasteiger partial charge in [0.05, 0.1) is 12.3 Å². The SMILES string of the molecule is N#CC1CCN(S(=O)(=O)c2cn[nH]c2)CC1. The van der Waals surface area contributed by atoms with Gasteiger partial charge < -0.3 is 0 Å². The minimum absolute atomic E-state index is 0.0178. The zero-order valence-electron chi connectivity index (χ0n) is 8.63. The van der Waals surface area contributed by atoms with Gasteiger partial charge in [-0.2, -0.15) is 14.7 Å². The molecule has 0 bridgehead atoms. The molecule has 1 aliphatic heterocycles. The summed E-state index contributed by atoms with van der Waals surface area (Å²) in [5.41, 5.74) is 0. The van der Waals surface area contributed by atoms with E-state index >= 15 is 0 Å². The van der Waals surface area contributed by atoms with Crippen molar-refractivity contribution >= 4 is 10.0 Å². The quantitative estimate of drug-likeness (QED) is 0.806. The Hall–Kier alpha value is -1.39. The van der Waals surface area contributed by atoms with Crippen LogP contribution in [0.25, 0.3) is 0 Å². The van der Waals surface area contributed by atoms with Crippen LogP contribution in [0, 0.1) is 17.2 Å². The number of nitriles is 1. The molecule has 0 aliphatic carbocycles. The van der Waals surface area contributed by atoms with E-state index in [-0.39, 0.29) is 10.8 Å². The molecule has 1 fully saturated rings. The molecule has 1 aromatic heterocycles. The molecule has 86 valence electrons. The summed E-state index contributed by atoms with van der Waals surface area (Å²) in [4.78, 5) is 0.183. The molecule has 0 saturated carbocycles. The average molecular weight is 240 g/mol. The fourth-order valence-corrected chi connectivity index (χ4v) is 3.13. The number of H-pyrrole nitrogens is 1. The zero-order valence-corrected chi connectivity index (χ0v) is 9.44. The van der Waals surface area contributed by atoms with Crippen molar-refractivity contribution < 1.29 is 8.42 Å². The van der Waals surface area contributed by atoms with Gasteiger partial charge in [-0.25, -0.2) is 8.42 Å². The molecule has 0 spiro atoms. The van der Waals surface area contributed by atoms with Gasteiger partial charge in [0.1, 0.15) is 4.90 Å². The highest BCUT2D eigenvalue weighted by Gasteiger charge is 2.29. The van der Waals surface area contributed by atoms with Gasteiger partial charge in [-0.15, -0.1) is 0 Å². The van der Waals surface area contributed by atoms with Crippen LogP contribution in [0.2, 0.25) is 0 Å². The molecule has 1 saturated heterocycles. The first-order valence-corrected chi connectivity index (χ1v) is 6.47. The Bertz CT molecular complexity index is 480. The molecule has 2 heterocycles. The monoisotopic (exact) mass is 240 g/mol. The highest BCUT2D eigenvalue weighted by Crippen LogP contribution is 2.22. The highest BCUT2D eigenvalue weighted by atomic mass is 32.2. The third-order valence-electron chi connectivity index (χ3n) is 2.75. The van der Waals surface area contributed by atoms with Crippen LogP contribution in [0.3, 0.4) is 0 Å². The van der Waals surface area contributed by atoms with E-state index < -0.39 is 10.0 Å². The summed E-state index contributed by atoms with van der Waals surface area (Å²) in [6.07, 6.45) is 3.87. The van der Waals surface area contributed by atoms with E-state index in [0.29, 0.717) is 25.9 Å². The van der Waals surface area contributed by atoms with E-state index in [1.54, 1.807) is 0 Å². The number of nitrogens with one attached hydrogen (secondary N) is 1. The van der Waals surface area contributed by atoms with Crippen molar-refractivity contribution in [2.75, 3.05) is 13.1 Å². The first-order valence-electron chi connectivity index (χ1n) is 5.03. The minimum atomic E-state index is -3.42. The number of sulfonamides is 1. The smallest absolute Gasteiger partial charge is 0.246 e. The third kappa shape index (κ3) is 1.94. The Morgan fingerprint density at radius 2 is 2.19 bits per heavy atom. The molecule has 0 amide bonds. The minimum Gasteiger partial charge on any atom is -0.284 e. The third-order valence-corrected chi connectivity index (χ3v) is 4.61. The summed E-state index contributed by atoms with van der Waals surface area (Å²) in [6, 6.07) is 2.17. The van der Waals surface area contributed by atoms with Crippen LogP contribution < -0.4 is 0 Å². The van der Waals surface area contributed by atoms with Crippen molar-refractivity contribution in [2.45, 2.75) is 17.7 Å². The van der Waals surface area contributed by atoms with Crippen LogP contribution in [0.4, 0.5) is 0 Å². The van der Waals surface area contributed by atoms with Crippen molar-refractivity contribution in [2.24, 2.45) is 5.92 Å². The van der Waals surface area contributed by atoms with Crippen molar-refractivity contribution in [1.29, 1.82) is 5.26 Å². The molecule has 0 atom stereocenters. The molecule has 2 rings (SSSR count). The zero-order chi connectivity index (χ0) is 11.6. The van der Waals surface area contributed by atoms with Gasteiger partial charge in [-0.05, 0) is 12.8 Å². The molecule has 1 N–H and O–H groups in total. The maximum absolute atomic E-state index is 12.0. The van der Waals surface area contributed by atoms with Gasteiger partial charge in [0.25, 0.3) is 0 Å². The van der Waals surface area contributed by atoms with Gasteiger partial charge in [-0.1, -0.05) is 0 Å². The van der Waals surface area contributed by atoms with Crippen LogP contribution in [-0.2, 0) is 10.0 Å². The molecule has 1 aromatic rings. The lowest BCUT2D eigenvalue weighted by Gasteiger charge is -2.27. The largest absolute Gasteiger partial charge is 0.284 e. The fourth-order valence-electron chi connectivity index (χ4n) is 1.75. The highest BCUT2D eigenvalue weighted by molar-refractivity contribution is 7.89. The van der Waals surface area contributed by atoms with Crippen LogP contribution in [0.1, 0.15) is 12.8 Å². The van der Waals surface area contributed by atoms with E-state index in [1.807, 2.05) is 0 Å². The number of piperidine rings is 1. The molecule has 7 heteroatoms. The van der Waals surface area contributed by atoms with Crippen molar-refractivity contribution in [3.05, 3.63) is 12.4 Å². The number of nitrogens with zero attached hydrogens (tertiary/aromatic N) is 3. The van der Waals surface area contributed by atoms with E-state index in [2.05, 4.69) is 16.3 Å². The Morgan fingerprint density at radius 1 is 1.50 bits per heavy atom. The average Bonchev–Trinajstić information content (AvgIpc) is 2.83. The van der Waals surface area contributed by atoms with Gasteiger partial charge >= 0.3 is 0 Å². The van der Waals surface area contributed by atoms with Gasteiger partial charge in [0.2, 0.25) is 10.0 Å². The van der Waals surface area contributed by atoms with Crippen LogP contribution in [-0.4, -0.2) is 36.0 Å². The Kier molecular flexibility index (Phi) is 2.94. The number of hydrogen-bond donors (Lipinski definition) is 1. The van der Waals surface area contributed by atoms with E-state index in [0.717, 1.165) is 0 Å². The summed E-state index contributed by atoms with van der Waals surface area (Å²) in [6.45, 7) is 0.817. The van der Waals surface area contributed by atoms with E-state index in [1.165, 1.54) is 16.7 Å². The topological polar surface area (TPSA) is 89.8 Å². The van der Waals surface area contributed by atoms with Gasteiger partial charge in [-0.3, -0.25) is 5.10 Å².